The SMILES string of the molecule is CC#CCC(C)(C)[C@@H](/C=C/[C@@H]1[C@@H](C/C=C\CCCC(=O)OC)[C@@H](OS(=O)(=O)c2ccc(C)cc2)C[C@H]1OC1CCCCO1)OC1CCCCO1. The minimum Gasteiger partial charge on any atom is -0.469 e. The first kappa shape index (κ1) is 40.3. The molecule has 10 heteroatoms. The van der Waals surface area contributed by atoms with E-state index in [0.717, 1.165) is 44.1 Å². The molecule has 2 heterocycles. The summed E-state index contributed by atoms with van der Waals surface area (Å²) in [5.74, 6) is 5.63. The number of methoxy groups -OCH3 is 1. The average molecular weight is 715 g/mol. The van der Waals surface area contributed by atoms with E-state index in [9.17, 15) is 13.2 Å². The van der Waals surface area contributed by atoms with Crippen LogP contribution < -0.4 is 0 Å². The minimum absolute atomic E-state index is 0.131. The van der Waals surface area contributed by atoms with E-state index in [2.05, 4.69) is 43.9 Å². The third-order valence-electron chi connectivity index (χ3n) is 9.88. The lowest BCUT2D eigenvalue weighted by Gasteiger charge is -2.35. The molecule has 0 radical (unpaired) electrons. The monoisotopic (exact) mass is 714 g/mol. The summed E-state index contributed by atoms with van der Waals surface area (Å²) in [6.45, 7) is 9.39. The van der Waals surface area contributed by atoms with Gasteiger partial charge in [0.1, 0.15) is 0 Å². The van der Waals surface area contributed by atoms with Crippen molar-refractivity contribution in [3.05, 3.63) is 54.1 Å². The number of ether oxygens (including phenoxy) is 5. The van der Waals surface area contributed by atoms with Gasteiger partial charge in [-0.15, -0.1) is 11.8 Å². The summed E-state index contributed by atoms with van der Waals surface area (Å²) in [7, 11) is -2.66. The van der Waals surface area contributed by atoms with Gasteiger partial charge in [0.25, 0.3) is 10.1 Å². The van der Waals surface area contributed by atoms with Crippen LogP contribution in [0.4, 0.5) is 0 Å². The van der Waals surface area contributed by atoms with Gasteiger partial charge in [-0.1, -0.05) is 55.8 Å². The molecule has 7 atom stereocenters. The lowest BCUT2D eigenvalue weighted by atomic mass is 9.81. The summed E-state index contributed by atoms with van der Waals surface area (Å²) in [5.41, 5.74) is 0.649. The molecule has 4 rings (SSSR count). The molecule has 1 aromatic rings. The number of carbonyl (C=O) groups is 1. The van der Waals surface area contributed by atoms with Gasteiger partial charge in [0.2, 0.25) is 0 Å². The van der Waals surface area contributed by atoms with Gasteiger partial charge in [0.15, 0.2) is 12.6 Å². The maximum absolute atomic E-state index is 13.7. The molecule has 0 spiro atoms. The highest BCUT2D eigenvalue weighted by Gasteiger charge is 2.46. The standard InChI is InChI=1S/C40H58O9S/c1-6-7-26-40(3,4)36(48-39-19-13-15-28-46-39)25-24-33-32(16-10-8-9-11-17-37(41)44-5)35(29-34(33)47-38-18-12-14-27-45-38)49-50(42,43)31-22-20-30(2)21-23-31/h8,10,20-25,32-36,38-39H,9,11-19,26-29H2,1-5H3/b10-8-,25-24+/t32-,33-,34-,35+,36-,38?,39?/m1/s1. The van der Waals surface area contributed by atoms with Gasteiger partial charge in [0, 0.05) is 43.8 Å². The van der Waals surface area contributed by atoms with E-state index < -0.39 is 16.2 Å². The zero-order valence-corrected chi connectivity index (χ0v) is 31.5. The highest BCUT2D eigenvalue weighted by atomic mass is 32.2. The largest absolute Gasteiger partial charge is 0.469 e. The van der Waals surface area contributed by atoms with E-state index in [-0.39, 0.29) is 52.9 Å². The second-order valence-electron chi connectivity index (χ2n) is 14.4. The van der Waals surface area contributed by atoms with Crippen LogP contribution in [0.2, 0.25) is 0 Å². The molecule has 9 nitrogen and oxygen atoms in total. The van der Waals surface area contributed by atoms with Crippen molar-refractivity contribution in [3.63, 3.8) is 0 Å². The quantitative estimate of drug-likeness (QED) is 0.0525. The maximum atomic E-state index is 13.7. The van der Waals surface area contributed by atoms with Crippen molar-refractivity contribution < 1.29 is 41.1 Å². The maximum Gasteiger partial charge on any atom is 0.305 e. The Kier molecular flexibility index (Phi) is 16.0. The molecule has 2 saturated heterocycles. The fourth-order valence-corrected chi connectivity index (χ4v) is 7.94. The van der Waals surface area contributed by atoms with E-state index in [0.29, 0.717) is 51.7 Å². The number of unbranched alkanes of at least 4 members (excludes halogenated alkanes) is 1. The Labute approximate surface area is 300 Å². The van der Waals surface area contributed by atoms with Crippen LogP contribution in [0.5, 0.6) is 0 Å². The van der Waals surface area contributed by atoms with Crippen LogP contribution in [0.15, 0.2) is 53.5 Å². The third-order valence-corrected chi connectivity index (χ3v) is 11.2. The summed E-state index contributed by atoms with van der Waals surface area (Å²) in [4.78, 5) is 11.7. The number of rotatable bonds is 17. The number of hydrogen-bond donors (Lipinski definition) is 0. The summed E-state index contributed by atoms with van der Waals surface area (Å²) in [6.07, 6.45) is 15.5. The Morgan fingerprint density at radius 3 is 2.36 bits per heavy atom. The van der Waals surface area contributed by atoms with Crippen molar-refractivity contribution in [3.8, 4) is 11.8 Å². The second kappa shape index (κ2) is 19.9. The summed E-state index contributed by atoms with van der Waals surface area (Å²) >= 11 is 0. The lowest BCUT2D eigenvalue weighted by Crippen LogP contribution is -2.36. The van der Waals surface area contributed by atoms with Crippen molar-refractivity contribution in [1.29, 1.82) is 0 Å². The Morgan fingerprint density at radius 2 is 1.72 bits per heavy atom. The molecule has 0 bridgehead atoms. The normalized spacial score (nSPS) is 26.9. The molecule has 1 saturated carbocycles. The number of hydrogen-bond acceptors (Lipinski definition) is 9. The van der Waals surface area contributed by atoms with Gasteiger partial charge in [-0.05, 0) is 89.7 Å². The molecule has 0 amide bonds. The van der Waals surface area contributed by atoms with Crippen LogP contribution in [0, 0.1) is 36.0 Å². The molecule has 2 unspecified atom stereocenters. The van der Waals surface area contributed by atoms with Crippen molar-refractivity contribution in [2.24, 2.45) is 17.3 Å². The van der Waals surface area contributed by atoms with Gasteiger partial charge in [0.05, 0.1) is 30.3 Å². The zero-order valence-electron chi connectivity index (χ0n) is 30.6. The molecular formula is C40H58O9S. The van der Waals surface area contributed by atoms with Crippen molar-refractivity contribution >= 4 is 16.1 Å². The first-order chi connectivity index (χ1) is 24.0. The van der Waals surface area contributed by atoms with Crippen LogP contribution >= 0.6 is 0 Å². The lowest BCUT2D eigenvalue weighted by molar-refractivity contribution is -0.197. The van der Waals surface area contributed by atoms with Gasteiger partial charge in [-0.3, -0.25) is 8.98 Å². The Bertz CT molecular complexity index is 1410. The summed E-state index contributed by atoms with van der Waals surface area (Å²) in [5, 5.41) is 0. The number of carbonyl (C=O) groups excluding carboxylic acids is 1. The highest BCUT2D eigenvalue weighted by Crippen LogP contribution is 2.43. The molecule has 2 aliphatic heterocycles. The van der Waals surface area contributed by atoms with E-state index in [1.807, 2.05) is 19.9 Å². The smallest absolute Gasteiger partial charge is 0.305 e. The van der Waals surface area contributed by atoms with Crippen LogP contribution in [0.3, 0.4) is 0 Å². The molecular weight excluding hydrogens is 656 g/mol. The molecule has 0 N–H and O–H groups in total. The van der Waals surface area contributed by atoms with Gasteiger partial charge in [-0.2, -0.15) is 8.42 Å². The summed E-state index contributed by atoms with van der Waals surface area (Å²) in [6, 6.07) is 6.73. The molecule has 3 fully saturated rings. The average Bonchev–Trinajstić information content (AvgIpc) is 3.41. The highest BCUT2D eigenvalue weighted by molar-refractivity contribution is 7.86. The van der Waals surface area contributed by atoms with E-state index in [1.54, 1.807) is 24.3 Å². The minimum atomic E-state index is -4.05. The van der Waals surface area contributed by atoms with E-state index in [1.165, 1.54) is 7.11 Å². The van der Waals surface area contributed by atoms with Crippen molar-refractivity contribution in [1.82, 2.24) is 0 Å². The van der Waals surface area contributed by atoms with E-state index in [4.69, 9.17) is 27.9 Å². The number of allylic oxidation sites excluding steroid dienone is 2. The van der Waals surface area contributed by atoms with Crippen molar-refractivity contribution in [2.45, 2.75) is 141 Å². The van der Waals surface area contributed by atoms with Crippen molar-refractivity contribution in [2.75, 3.05) is 20.3 Å². The predicted octanol–water partition coefficient (Wildman–Crippen LogP) is 7.81. The second-order valence-corrected chi connectivity index (χ2v) is 15.9. The Balaban J connectivity index is 1.66. The third kappa shape index (κ3) is 12.3. The fraction of sp³-hybridized carbons (Fsp3) is 0.675. The zero-order chi connectivity index (χ0) is 36.0. The van der Waals surface area contributed by atoms with E-state index >= 15 is 0 Å². The molecule has 3 aliphatic rings. The number of aryl methyl sites for hydroxylation is 1. The predicted molar refractivity (Wildman–Crippen MR) is 192 cm³/mol. The first-order valence-corrected chi connectivity index (χ1v) is 19.8. The van der Waals surface area contributed by atoms with Gasteiger partial charge in [-0.25, -0.2) is 0 Å². The fourth-order valence-electron chi connectivity index (χ4n) is 6.81. The van der Waals surface area contributed by atoms with Crippen LogP contribution in [-0.2, 0) is 42.8 Å². The molecule has 0 aromatic heterocycles. The van der Waals surface area contributed by atoms with Crippen LogP contribution in [0.1, 0.15) is 103 Å². The van der Waals surface area contributed by atoms with Gasteiger partial charge >= 0.3 is 5.97 Å². The molecule has 278 valence electrons. The number of benzene rings is 1. The van der Waals surface area contributed by atoms with Crippen LogP contribution in [-0.4, -0.2) is 65.6 Å². The first-order valence-electron chi connectivity index (χ1n) is 18.4. The molecule has 50 heavy (non-hydrogen) atoms. The number of esters is 1. The Morgan fingerprint density at radius 1 is 1.02 bits per heavy atom. The molecule has 1 aliphatic carbocycles. The Hall–Kier alpha value is -2.52. The topological polar surface area (TPSA) is 107 Å². The van der Waals surface area contributed by atoms with Crippen LogP contribution in [0.25, 0.3) is 0 Å². The summed E-state index contributed by atoms with van der Waals surface area (Å²) < 4.78 is 63.5. The van der Waals surface area contributed by atoms with Gasteiger partial charge < -0.3 is 23.7 Å². The molecule has 1 aromatic carbocycles.